The molecule has 19 heavy (non-hydrogen) atoms. The zero-order valence-electron chi connectivity index (χ0n) is 10.7. The number of nitrogens with one attached hydrogen (secondary N) is 1. The van der Waals surface area contributed by atoms with Gasteiger partial charge in [-0.15, -0.1) is 11.8 Å². The van der Waals surface area contributed by atoms with Crippen LogP contribution in [0.25, 0.3) is 0 Å². The van der Waals surface area contributed by atoms with E-state index in [1.165, 1.54) is 11.8 Å². The molecule has 104 valence electrons. The van der Waals surface area contributed by atoms with Crippen molar-refractivity contribution in [2.24, 2.45) is 11.5 Å². The Bertz CT molecular complexity index is 438. The molecule has 0 bridgehead atoms. The maximum atomic E-state index is 11.7. The molecule has 0 aliphatic heterocycles. The SMILES string of the molecule is NCCCC(=O)Nc1ccccc1SCCC(N)=O. The molecule has 0 radical (unpaired) electrons. The molecule has 0 saturated heterocycles. The minimum atomic E-state index is -0.322. The fraction of sp³-hybridized carbons (Fsp3) is 0.385. The van der Waals surface area contributed by atoms with Gasteiger partial charge in [0.1, 0.15) is 0 Å². The van der Waals surface area contributed by atoms with Gasteiger partial charge in [0, 0.05) is 23.5 Å². The van der Waals surface area contributed by atoms with E-state index in [0.717, 1.165) is 10.6 Å². The molecule has 1 aromatic carbocycles. The number of carbonyl (C=O) groups is 2. The fourth-order valence-electron chi connectivity index (χ4n) is 1.43. The first-order valence-electron chi connectivity index (χ1n) is 6.13. The molecule has 5 nitrogen and oxygen atoms in total. The van der Waals surface area contributed by atoms with Crippen molar-refractivity contribution in [3.8, 4) is 0 Å². The lowest BCUT2D eigenvalue weighted by Crippen LogP contribution is -2.14. The van der Waals surface area contributed by atoms with Crippen molar-refractivity contribution in [1.82, 2.24) is 0 Å². The fourth-order valence-corrected chi connectivity index (χ4v) is 2.41. The Morgan fingerprint density at radius 2 is 1.95 bits per heavy atom. The third kappa shape index (κ3) is 6.26. The summed E-state index contributed by atoms with van der Waals surface area (Å²) in [5, 5.41) is 2.85. The van der Waals surface area contributed by atoms with E-state index in [4.69, 9.17) is 11.5 Å². The number of anilines is 1. The highest BCUT2D eigenvalue weighted by atomic mass is 32.2. The third-order valence-corrected chi connectivity index (χ3v) is 3.45. The molecule has 0 atom stereocenters. The Morgan fingerprint density at radius 3 is 2.63 bits per heavy atom. The molecule has 6 heteroatoms. The van der Waals surface area contributed by atoms with Crippen LogP contribution >= 0.6 is 11.8 Å². The summed E-state index contributed by atoms with van der Waals surface area (Å²) in [5.74, 6) is 0.232. The smallest absolute Gasteiger partial charge is 0.224 e. The van der Waals surface area contributed by atoms with Gasteiger partial charge in [-0.05, 0) is 25.1 Å². The number of benzene rings is 1. The van der Waals surface area contributed by atoms with E-state index in [1.54, 1.807) is 0 Å². The number of amides is 2. The molecular weight excluding hydrogens is 262 g/mol. The van der Waals surface area contributed by atoms with Crippen molar-refractivity contribution < 1.29 is 9.59 Å². The van der Waals surface area contributed by atoms with Crippen LogP contribution in [0.2, 0.25) is 0 Å². The Morgan fingerprint density at radius 1 is 1.21 bits per heavy atom. The maximum Gasteiger partial charge on any atom is 0.224 e. The highest BCUT2D eigenvalue weighted by Crippen LogP contribution is 2.27. The average Bonchev–Trinajstić information content (AvgIpc) is 2.38. The maximum absolute atomic E-state index is 11.7. The third-order valence-electron chi connectivity index (χ3n) is 2.38. The summed E-state index contributed by atoms with van der Waals surface area (Å²) in [7, 11) is 0. The summed E-state index contributed by atoms with van der Waals surface area (Å²) in [5.41, 5.74) is 11.2. The van der Waals surface area contributed by atoms with Crippen LogP contribution < -0.4 is 16.8 Å². The molecule has 0 spiro atoms. The van der Waals surface area contributed by atoms with Gasteiger partial charge >= 0.3 is 0 Å². The second-order valence-electron chi connectivity index (χ2n) is 4.00. The second-order valence-corrected chi connectivity index (χ2v) is 5.14. The predicted molar refractivity (Wildman–Crippen MR) is 77.9 cm³/mol. The summed E-state index contributed by atoms with van der Waals surface area (Å²) >= 11 is 1.50. The van der Waals surface area contributed by atoms with Gasteiger partial charge in [0.25, 0.3) is 0 Å². The lowest BCUT2D eigenvalue weighted by Gasteiger charge is -2.10. The first-order valence-corrected chi connectivity index (χ1v) is 7.12. The summed E-state index contributed by atoms with van der Waals surface area (Å²) in [4.78, 5) is 23.3. The number of thioether (sulfide) groups is 1. The van der Waals surface area contributed by atoms with E-state index < -0.39 is 0 Å². The molecule has 0 aliphatic rings. The Labute approximate surface area is 117 Å². The lowest BCUT2D eigenvalue weighted by molar-refractivity contribution is -0.118. The van der Waals surface area contributed by atoms with Gasteiger partial charge in [0.2, 0.25) is 11.8 Å². The summed E-state index contributed by atoms with van der Waals surface area (Å²) < 4.78 is 0. The zero-order chi connectivity index (χ0) is 14.1. The number of hydrogen-bond donors (Lipinski definition) is 3. The van der Waals surface area contributed by atoms with Crippen LogP contribution in [0, 0.1) is 0 Å². The quantitative estimate of drug-likeness (QED) is 0.626. The molecule has 0 aliphatic carbocycles. The normalized spacial score (nSPS) is 10.2. The second kappa shape index (κ2) is 8.55. The van der Waals surface area contributed by atoms with Gasteiger partial charge in [0.05, 0.1) is 5.69 Å². The van der Waals surface area contributed by atoms with Crippen LogP contribution in [0.4, 0.5) is 5.69 Å². The monoisotopic (exact) mass is 281 g/mol. The highest BCUT2D eigenvalue weighted by Gasteiger charge is 2.07. The van der Waals surface area contributed by atoms with E-state index in [9.17, 15) is 9.59 Å². The summed E-state index contributed by atoms with van der Waals surface area (Å²) in [6.07, 6.45) is 1.40. The van der Waals surface area contributed by atoms with Crippen LogP contribution in [0.3, 0.4) is 0 Å². The molecule has 1 aromatic rings. The minimum absolute atomic E-state index is 0.0478. The number of carbonyl (C=O) groups excluding carboxylic acids is 2. The summed E-state index contributed by atoms with van der Waals surface area (Å²) in [6.45, 7) is 0.502. The van der Waals surface area contributed by atoms with Gasteiger partial charge in [-0.1, -0.05) is 12.1 Å². The Hall–Kier alpha value is -1.53. The van der Waals surface area contributed by atoms with Crippen molar-refractivity contribution in [1.29, 1.82) is 0 Å². The zero-order valence-corrected chi connectivity index (χ0v) is 11.5. The molecule has 0 saturated carbocycles. The van der Waals surface area contributed by atoms with Crippen LogP contribution in [0.5, 0.6) is 0 Å². The average molecular weight is 281 g/mol. The van der Waals surface area contributed by atoms with E-state index in [-0.39, 0.29) is 11.8 Å². The lowest BCUT2D eigenvalue weighted by atomic mass is 10.2. The van der Waals surface area contributed by atoms with Crippen molar-refractivity contribution in [3.05, 3.63) is 24.3 Å². The van der Waals surface area contributed by atoms with Crippen LogP contribution in [0.15, 0.2) is 29.2 Å². The molecule has 0 aromatic heterocycles. The van der Waals surface area contributed by atoms with Gasteiger partial charge in [-0.3, -0.25) is 9.59 Å². The van der Waals surface area contributed by atoms with E-state index in [2.05, 4.69) is 5.32 Å². The number of rotatable bonds is 8. The van der Waals surface area contributed by atoms with Gasteiger partial charge in [-0.2, -0.15) is 0 Å². The van der Waals surface area contributed by atoms with Crippen molar-refractivity contribution in [2.45, 2.75) is 24.2 Å². The molecule has 2 amide bonds. The summed E-state index contributed by atoms with van der Waals surface area (Å²) in [6, 6.07) is 7.50. The number of para-hydroxylation sites is 1. The highest BCUT2D eigenvalue weighted by molar-refractivity contribution is 7.99. The van der Waals surface area contributed by atoms with E-state index >= 15 is 0 Å². The van der Waals surface area contributed by atoms with Crippen LogP contribution in [0.1, 0.15) is 19.3 Å². The van der Waals surface area contributed by atoms with E-state index in [1.807, 2.05) is 24.3 Å². The largest absolute Gasteiger partial charge is 0.370 e. The first-order chi connectivity index (χ1) is 9.13. The van der Waals surface area contributed by atoms with Crippen LogP contribution in [-0.4, -0.2) is 24.1 Å². The Balaban J connectivity index is 2.57. The first kappa shape index (κ1) is 15.5. The van der Waals surface area contributed by atoms with Gasteiger partial charge in [-0.25, -0.2) is 0 Å². The minimum Gasteiger partial charge on any atom is -0.370 e. The number of nitrogens with two attached hydrogens (primary N) is 2. The van der Waals surface area contributed by atoms with Gasteiger partial charge < -0.3 is 16.8 Å². The standard InChI is InChI=1S/C13H19N3O2S/c14-8-3-6-13(18)16-10-4-1-2-5-11(10)19-9-7-12(15)17/h1-2,4-5H,3,6-9,14H2,(H2,15,17)(H,16,18). The van der Waals surface area contributed by atoms with Crippen LogP contribution in [-0.2, 0) is 9.59 Å². The van der Waals surface area contributed by atoms with E-state index in [0.29, 0.717) is 31.6 Å². The van der Waals surface area contributed by atoms with Crippen molar-refractivity contribution >= 4 is 29.3 Å². The number of primary amides is 1. The topological polar surface area (TPSA) is 98.2 Å². The molecular formula is C13H19N3O2S. The van der Waals surface area contributed by atoms with Crippen molar-refractivity contribution in [2.75, 3.05) is 17.6 Å². The number of hydrogen-bond acceptors (Lipinski definition) is 4. The predicted octanol–water partition coefficient (Wildman–Crippen LogP) is 1.33. The molecule has 1 rings (SSSR count). The molecule has 0 fully saturated rings. The molecule has 5 N–H and O–H groups in total. The Kier molecular flexibility index (Phi) is 6.99. The van der Waals surface area contributed by atoms with Crippen molar-refractivity contribution in [3.63, 3.8) is 0 Å². The molecule has 0 heterocycles. The van der Waals surface area contributed by atoms with Gasteiger partial charge in [0.15, 0.2) is 0 Å². The molecule has 0 unspecified atom stereocenters.